The lowest BCUT2D eigenvalue weighted by molar-refractivity contribution is -0.672. The molecule has 3 rings (SSSR count). The lowest BCUT2D eigenvalue weighted by Crippen LogP contribution is -2.36. The van der Waals surface area contributed by atoms with E-state index in [1.807, 2.05) is 0 Å². The van der Waals surface area contributed by atoms with Crippen molar-refractivity contribution in [2.24, 2.45) is 7.05 Å². The van der Waals surface area contributed by atoms with Crippen LogP contribution in [0.15, 0.2) is 53.1 Å². The van der Waals surface area contributed by atoms with Crippen LogP contribution in [0.25, 0.3) is 22.6 Å². The second-order valence-electron chi connectivity index (χ2n) is 6.00. The van der Waals surface area contributed by atoms with Crippen LogP contribution in [-0.4, -0.2) is 29.9 Å². The van der Waals surface area contributed by atoms with Crippen LogP contribution in [0.4, 0.5) is 11.4 Å². The van der Waals surface area contributed by atoms with Crippen molar-refractivity contribution in [2.45, 2.75) is 6.92 Å². The summed E-state index contributed by atoms with van der Waals surface area (Å²) in [6, 6.07) is 11.8. The van der Waals surface area contributed by atoms with Gasteiger partial charge in [-0.1, -0.05) is 18.2 Å². The van der Waals surface area contributed by atoms with Crippen molar-refractivity contribution in [1.82, 2.24) is 0 Å². The van der Waals surface area contributed by atoms with Crippen LogP contribution in [0, 0.1) is 27.2 Å². The summed E-state index contributed by atoms with van der Waals surface area (Å²) in [6.07, 6.45) is 1.33. The Kier molecular flexibility index (Phi) is 7.17. The van der Waals surface area contributed by atoms with Gasteiger partial charge in [-0.25, -0.2) is 8.42 Å². The summed E-state index contributed by atoms with van der Waals surface area (Å²) in [5.74, 6) is 0.0827. The number of hydrogen-bond acceptors (Lipinski definition) is 9. The molecule has 31 heavy (non-hydrogen) atoms. The number of aromatic nitrogens is 1. The Morgan fingerprint density at radius 2 is 1.55 bits per heavy atom. The monoisotopic (exact) mass is 451 g/mol. The van der Waals surface area contributed by atoms with E-state index < -0.39 is 20.2 Å². The summed E-state index contributed by atoms with van der Waals surface area (Å²) in [4.78, 5) is 22.3. The zero-order valence-electron chi connectivity index (χ0n) is 16.5. The van der Waals surface area contributed by atoms with Crippen molar-refractivity contribution in [3.05, 3.63) is 74.7 Å². The zero-order chi connectivity index (χ0) is 23.3. The fourth-order valence-corrected chi connectivity index (χ4v) is 2.88. The second-order valence-corrected chi connectivity index (χ2v) is 7.15. The Morgan fingerprint density at radius 3 is 1.97 bits per heavy atom. The van der Waals surface area contributed by atoms with Crippen LogP contribution in [-0.2, 0) is 21.6 Å². The highest BCUT2D eigenvalue weighted by Gasteiger charge is 2.42. The molecule has 2 aromatic heterocycles. The average molecular weight is 451 g/mol. The number of pyridine rings is 1. The molecular formula is C18H17N3O9S. The van der Waals surface area contributed by atoms with Gasteiger partial charge in [0.15, 0.2) is 5.56 Å². The Labute approximate surface area is 176 Å². The van der Waals surface area contributed by atoms with E-state index in [1.165, 1.54) is 23.0 Å². The quantitative estimate of drug-likeness (QED) is 0.186. The van der Waals surface area contributed by atoms with Gasteiger partial charge in [0.2, 0.25) is 10.4 Å². The molecule has 1 aromatic carbocycles. The van der Waals surface area contributed by atoms with Crippen LogP contribution in [0.2, 0.25) is 0 Å². The molecule has 164 valence electrons. The molecule has 0 saturated carbocycles. The molecule has 13 heteroatoms. The zero-order valence-corrected chi connectivity index (χ0v) is 17.4. The van der Waals surface area contributed by atoms with Crippen molar-refractivity contribution in [2.75, 3.05) is 7.11 Å². The van der Waals surface area contributed by atoms with Crippen LogP contribution in [0.3, 0.4) is 0 Å². The number of nitro groups is 2. The molecule has 0 aliphatic heterocycles. The van der Waals surface area contributed by atoms with E-state index in [0.29, 0.717) is 11.3 Å². The van der Waals surface area contributed by atoms with E-state index in [0.717, 1.165) is 7.11 Å². The first kappa shape index (κ1) is 23.6. The van der Waals surface area contributed by atoms with Gasteiger partial charge in [0, 0.05) is 6.92 Å². The van der Waals surface area contributed by atoms with Crippen molar-refractivity contribution < 1.29 is 36.0 Å². The van der Waals surface area contributed by atoms with Crippen LogP contribution >= 0.6 is 0 Å². The number of hydrogen-bond donors (Lipinski definition) is 0. The third-order valence-corrected chi connectivity index (χ3v) is 4.67. The van der Waals surface area contributed by atoms with Gasteiger partial charge in [0.05, 0.1) is 28.8 Å². The summed E-state index contributed by atoms with van der Waals surface area (Å²) >= 11 is 0. The topological polar surface area (TPSA) is 170 Å². The van der Waals surface area contributed by atoms with Gasteiger partial charge in [0.25, 0.3) is 11.4 Å². The van der Waals surface area contributed by atoms with Gasteiger partial charge < -0.3 is 8.97 Å². The summed E-state index contributed by atoms with van der Waals surface area (Å²) < 4.78 is 37.8. The molecule has 0 aliphatic rings. The van der Waals surface area contributed by atoms with Crippen molar-refractivity contribution in [1.29, 1.82) is 0 Å². The summed E-state index contributed by atoms with van der Waals surface area (Å²) in [5.41, 5.74) is 0.322. The third-order valence-electron chi connectivity index (χ3n) is 4.26. The Bertz CT molecular complexity index is 1210. The van der Waals surface area contributed by atoms with Crippen LogP contribution in [0.5, 0.6) is 0 Å². The second kappa shape index (κ2) is 9.42. The van der Waals surface area contributed by atoms with Gasteiger partial charge in [-0.3, -0.25) is 24.4 Å². The van der Waals surface area contributed by atoms with E-state index in [-0.39, 0.29) is 28.4 Å². The lowest BCUT2D eigenvalue weighted by Gasteiger charge is -2.08. The standard InChI is InChI=1S/C17H14N3O5.CH4O4S/c1-11-15(19(21)22)14(13-9-6-10-25-13)17(20(23)24)16(18(11)2)12-7-4-3-5-8-12;1-5-6(2,3)4/h3-10H,1-2H3;1H3,(H,2,3,4)/q+1;/p-1. The SMILES string of the molecule is COS(=O)(=O)[O-].Cc1c([N+](=O)[O-])c(-c2ccco2)c([N+](=O)[O-])c(-c2ccccc2)[n+]1C. The normalized spacial score (nSPS) is 10.8. The van der Waals surface area contributed by atoms with Gasteiger partial charge in [-0.15, -0.1) is 0 Å². The molecular weight excluding hydrogens is 434 g/mol. The predicted octanol–water partition coefficient (Wildman–Crippen LogP) is 2.66. The number of furan rings is 1. The first-order valence-corrected chi connectivity index (χ1v) is 9.79. The minimum atomic E-state index is -4.41. The number of nitrogens with zero attached hydrogens (tertiary/aromatic N) is 3. The van der Waals surface area contributed by atoms with Crippen molar-refractivity contribution >= 4 is 21.8 Å². The van der Waals surface area contributed by atoms with E-state index >= 15 is 0 Å². The van der Waals surface area contributed by atoms with E-state index in [4.69, 9.17) is 4.42 Å². The maximum Gasteiger partial charge on any atom is 0.358 e. The molecule has 12 nitrogen and oxygen atoms in total. The van der Waals surface area contributed by atoms with E-state index in [9.17, 15) is 33.2 Å². The van der Waals surface area contributed by atoms with Gasteiger partial charge in [-0.2, -0.15) is 4.57 Å². The maximum absolute atomic E-state index is 11.9. The minimum Gasteiger partial charge on any atom is -0.726 e. The highest BCUT2D eigenvalue weighted by molar-refractivity contribution is 7.80. The Balaban J connectivity index is 0.000000501. The third kappa shape index (κ3) is 5.28. The molecule has 0 saturated heterocycles. The summed E-state index contributed by atoms with van der Waals surface area (Å²) in [5, 5.41) is 23.5. The molecule has 0 atom stereocenters. The van der Waals surface area contributed by atoms with E-state index in [1.54, 1.807) is 44.3 Å². The molecule has 0 spiro atoms. The Morgan fingerprint density at radius 1 is 1.00 bits per heavy atom. The molecule has 0 bridgehead atoms. The largest absolute Gasteiger partial charge is 0.726 e. The molecule has 2 heterocycles. The molecule has 0 amide bonds. The van der Waals surface area contributed by atoms with Gasteiger partial charge in [-0.05, 0) is 24.3 Å². The average Bonchev–Trinajstić information content (AvgIpc) is 3.24. The summed E-state index contributed by atoms with van der Waals surface area (Å²) in [7, 11) is -2.03. The minimum absolute atomic E-state index is 0.0827. The van der Waals surface area contributed by atoms with Crippen molar-refractivity contribution in [3.63, 3.8) is 0 Å². The highest BCUT2D eigenvalue weighted by Crippen LogP contribution is 2.43. The molecule has 3 aromatic rings. The number of rotatable bonds is 5. The first-order valence-electron chi connectivity index (χ1n) is 8.45. The lowest BCUT2D eigenvalue weighted by atomic mass is 10.0. The number of benzene rings is 1. The molecule has 0 fully saturated rings. The van der Waals surface area contributed by atoms with Crippen LogP contribution < -0.4 is 4.57 Å². The molecule has 0 unspecified atom stereocenters. The molecule has 0 radical (unpaired) electrons. The fourth-order valence-electron chi connectivity index (χ4n) is 2.88. The first-order chi connectivity index (χ1) is 14.5. The van der Waals surface area contributed by atoms with Gasteiger partial charge >= 0.3 is 11.4 Å². The van der Waals surface area contributed by atoms with Crippen molar-refractivity contribution in [3.8, 4) is 22.6 Å². The molecule has 0 aliphatic carbocycles. The fraction of sp³-hybridized carbons (Fsp3) is 0.167. The summed E-state index contributed by atoms with van der Waals surface area (Å²) in [6.45, 7) is 1.56. The van der Waals surface area contributed by atoms with Crippen LogP contribution in [0.1, 0.15) is 5.69 Å². The highest BCUT2D eigenvalue weighted by atomic mass is 32.3. The smallest absolute Gasteiger partial charge is 0.358 e. The van der Waals surface area contributed by atoms with E-state index in [2.05, 4.69) is 4.18 Å². The molecule has 0 N–H and O–H groups in total. The Hall–Kier alpha value is -3.68. The predicted molar refractivity (Wildman–Crippen MR) is 106 cm³/mol. The maximum atomic E-state index is 11.9. The van der Waals surface area contributed by atoms with Gasteiger partial charge in [0.1, 0.15) is 12.8 Å².